The van der Waals surface area contributed by atoms with Gasteiger partial charge in [-0.2, -0.15) is 5.06 Å². The van der Waals surface area contributed by atoms with Gasteiger partial charge in [0.1, 0.15) is 0 Å². The van der Waals surface area contributed by atoms with E-state index in [1.807, 2.05) is 27.7 Å². The van der Waals surface area contributed by atoms with Gasteiger partial charge in [-0.3, -0.25) is 9.78 Å². The summed E-state index contributed by atoms with van der Waals surface area (Å²) in [6.07, 6.45) is 3.89. The molecule has 0 radical (unpaired) electrons. The second-order valence-corrected chi connectivity index (χ2v) is 6.24. The Labute approximate surface area is 125 Å². The SMILES string of the molecule is CC1(C)CC(NC(=O)c2ccncc2)C(C)(C)N1O.Cl. The molecule has 1 atom stereocenters. The first-order chi connectivity index (χ1) is 8.75. The van der Waals surface area contributed by atoms with Crippen LogP contribution in [0.4, 0.5) is 0 Å². The maximum atomic E-state index is 12.2. The summed E-state index contributed by atoms with van der Waals surface area (Å²) in [6.45, 7) is 7.79. The number of hydrogen-bond donors (Lipinski definition) is 2. The Kier molecular flexibility index (Phi) is 4.79. The molecular formula is C14H22ClN3O2. The Bertz CT molecular complexity index is 477. The number of amides is 1. The molecule has 0 bridgehead atoms. The van der Waals surface area contributed by atoms with Crippen LogP contribution < -0.4 is 5.32 Å². The fraction of sp³-hybridized carbons (Fsp3) is 0.571. The van der Waals surface area contributed by atoms with E-state index in [1.54, 1.807) is 24.5 Å². The van der Waals surface area contributed by atoms with Gasteiger partial charge in [-0.25, -0.2) is 0 Å². The molecule has 1 saturated heterocycles. The quantitative estimate of drug-likeness (QED) is 0.879. The summed E-state index contributed by atoms with van der Waals surface area (Å²) in [4.78, 5) is 16.1. The monoisotopic (exact) mass is 299 g/mol. The average Bonchev–Trinajstić information content (AvgIpc) is 2.51. The molecule has 20 heavy (non-hydrogen) atoms. The van der Waals surface area contributed by atoms with Gasteiger partial charge >= 0.3 is 0 Å². The van der Waals surface area contributed by atoms with Crippen molar-refractivity contribution in [2.45, 2.75) is 51.2 Å². The van der Waals surface area contributed by atoms with Gasteiger partial charge in [-0.15, -0.1) is 12.4 Å². The molecule has 1 aliphatic heterocycles. The van der Waals surface area contributed by atoms with Crippen LogP contribution in [0, 0.1) is 0 Å². The molecule has 1 amide bonds. The van der Waals surface area contributed by atoms with E-state index in [1.165, 1.54) is 5.06 Å². The topological polar surface area (TPSA) is 65.5 Å². The first-order valence-electron chi connectivity index (χ1n) is 6.45. The van der Waals surface area contributed by atoms with E-state index in [2.05, 4.69) is 10.3 Å². The normalized spacial score (nSPS) is 23.9. The molecule has 0 aliphatic carbocycles. The summed E-state index contributed by atoms with van der Waals surface area (Å²) in [7, 11) is 0. The lowest BCUT2D eigenvalue weighted by atomic mass is 9.94. The van der Waals surface area contributed by atoms with E-state index in [4.69, 9.17) is 0 Å². The van der Waals surface area contributed by atoms with E-state index in [0.29, 0.717) is 12.0 Å². The van der Waals surface area contributed by atoms with Crippen molar-refractivity contribution in [3.8, 4) is 0 Å². The summed E-state index contributed by atoms with van der Waals surface area (Å²) < 4.78 is 0. The van der Waals surface area contributed by atoms with Gasteiger partial charge in [0.05, 0.1) is 11.6 Å². The lowest BCUT2D eigenvalue weighted by molar-refractivity contribution is -0.193. The fourth-order valence-corrected chi connectivity index (χ4v) is 2.74. The number of aromatic nitrogens is 1. The van der Waals surface area contributed by atoms with E-state index >= 15 is 0 Å². The van der Waals surface area contributed by atoms with Crippen LogP contribution in [0.1, 0.15) is 44.5 Å². The van der Waals surface area contributed by atoms with Crippen molar-refractivity contribution in [3.63, 3.8) is 0 Å². The van der Waals surface area contributed by atoms with Gasteiger partial charge < -0.3 is 10.5 Å². The highest BCUT2D eigenvalue weighted by Crippen LogP contribution is 2.39. The lowest BCUT2D eigenvalue weighted by Crippen LogP contribution is -2.53. The third-order valence-corrected chi connectivity index (χ3v) is 3.92. The first-order valence-corrected chi connectivity index (χ1v) is 6.45. The predicted octanol–water partition coefficient (Wildman–Crippen LogP) is 2.25. The molecule has 2 heterocycles. The molecule has 5 nitrogen and oxygen atoms in total. The molecule has 0 spiro atoms. The van der Waals surface area contributed by atoms with Crippen LogP contribution in [0.25, 0.3) is 0 Å². The van der Waals surface area contributed by atoms with Crippen molar-refractivity contribution in [3.05, 3.63) is 30.1 Å². The number of hydroxylamine groups is 2. The van der Waals surface area contributed by atoms with Crippen LogP contribution in [0.3, 0.4) is 0 Å². The van der Waals surface area contributed by atoms with Crippen LogP contribution in [-0.4, -0.2) is 38.3 Å². The molecule has 1 fully saturated rings. The molecular weight excluding hydrogens is 278 g/mol. The summed E-state index contributed by atoms with van der Waals surface area (Å²) >= 11 is 0. The zero-order valence-electron chi connectivity index (χ0n) is 12.3. The summed E-state index contributed by atoms with van der Waals surface area (Å²) in [5.41, 5.74) is -0.258. The number of carbonyl (C=O) groups is 1. The van der Waals surface area contributed by atoms with Crippen molar-refractivity contribution < 1.29 is 10.0 Å². The molecule has 1 aromatic heterocycles. The number of pyridine rings is 1. The Morgan fingerprint density at radius 2 is 1.90 bits per heavy atom. The summed E-state index contributed by atoms with van der Waals surface area (Å²) in [5.74, 6) is -0.133. The van der Waals surface area contributed by atoms with E-state index in [-0.39, 0.29) is 29.9 Å². The van der Waals surface area contributed by atoms with Crippen LogP contribution in [0.5, 0.6) is 0 Å². The third kappa shape index (κ3) is 2.95. The van der Waals surface area contributed by atoms with Crippen molar-refractivity contribution >= 4 is 18.3 Å². The fourth-order valence-electron chi connectivity index (χ4n) is 2.74. The second-order valence-electron chi connectivity index (χ2n) is 6.24. The Morgan fingerprint density at radius 3 is 2.35 bits per heavy atom. The van der Waals surface area contributed by atoms with Crippen LogP contribution in [0.2, 0.25) is 0 Å². The van der Waals surface area contributed by atoms with Crippen LogP contribution in [0.15, 0.2) is 24.5 Å². The number of rotatable bonds is 2. The molecule has 112 valence electrons. The molecule has 0 saturated carbocycles. The van der Waals surface area contributed by atoms with Crippen LogP contribution in [-0.2, 0) is 0 Å². The highest BCUT2D eigenvalue weighted by molar-refractivity contribution is 5.94. The third-order valence-electron chi connectivity index (χ3n) is 3.92. The van der Waals surface area contributed by atoms with Gasteiger partial charge in [0.15, 0.2) is 0 Å². The predicted molar refractivity (Wildman–Crippen MR) is 79.1 cm³/mol. The van der Waals surface area contributed by atoms with Gasteiger partial charge in [0.25, 0.3) is 5.91 Å². The van der Waals surface area contributed by atoms with E-state index in [9.17, 15) is 10.0 Å². The molecule has 1 aliphatic rings. The lowest BCUT2D eigenvalue weighted by Gasteiger charge is -2.35. The zero-order valence-corrected chi connectivity index (χ0v) is 13.1. The number of nitrogens with zero attached hydrogens (tertiary/aromatic N) is 2. The van der Waals surface area contributed by atoms with Gasteiger partial charge in [0.2, 0.25) is 0 Å². The highest BCUT2D eigenvalue weighted by Gasteiger charge is 2.51. The smallest absolute Gasteiger partial charge is 0.251 e. The minimum Gasteiger partial charge on any atom is -0.347 e. The molecule has 6 heteroatoms. The van der Waals surface area contributed by atoms with Crippen molar-refractivity contribution in [1.82, 2.24) is 15.4 Å². The number of carbonyl (C=O) groups excluding carboxylic acids is 1. The Hall–Kier alpha value is -1.17. The van der Waals surface area contributed by atoms with Crippen molar-refractivity contribution in [2.24, 2.45) is 0 Å². The average molecular weight is 300 g/mol. The Balaban J connectivity index is 0.00000200. The number of nitrogens with one attached hydrogen (secondary N) is 1. The van der Waals surface area contributed by atoms with E-state index in [0.717, 1.165) is 0 Å². The van der Waals surface area contributed by atoms with Gasteiger partial charge in [0, 0.05) is 23.5 Å². The molecule has 2 N–H and O–H groups in total. The maximum Gasteiger partial charge on any atom is 0.251 e. The maximum absolute atomic E-state index is 12.2. The second kappa shape index (κ2) is 5.68. The van der Waals surface area contributed by atoms with Gasteiger partial charge in [-0.05, 0) is 46.2 Å². The summed E-state index contributed by atoms with van der Waals surface area (Å²) in [6, 6.07) is 3.26. The largest absolute Gasteiger partial charge is 0.347 e. The first kappa shape index (κ1) is 16.9. The number of halogens is 1. The Morgan fingerprint density at radius 1 is 1.35 bits per heavy atom. The number of hydrogen-bond acceptors (Lipinski definition) is 4. The van der Waals surface area contributed by atoms with E-state index < -0.39 is 5.54 Å². The minimum atomic E-state index is -0.494. The minimum absolute atomic E-state index is 0. The van der Waals surface area contributed by atoms with Crippen LogP contribution >= 0.6 is 12.4 Å². The van der Waals surface area contributed by atoms with Crippen molar-refractivity contribution in [1.29, 1.82) is 0 Å². The highest BCUT2D eigenvalue weighted by atomic mass is 35.5. The summed E-state index contributed by atoms with van der Waals surface area (Å²) in [5, 5.41) is 14.6. The standard InChI is InChI=1S/C14H21N3O2.ClH/c1-13(2)9-11(14(3,4)17(13)19)16-12(18)10-5-7-15-8-6-10;/h5-8,11,19H,9H2,1-4H3,(H,16,18);1H. The molecule has 0 aromatic carbocycles. The molecule has 1 aromatic rings. The molecule has 2 rings (SSSR count). The zero-order chi connectivity index (χ0) is 14.3. The van der Waals surface area contributed by atoms with Crippen molar-refractivity contribution in [2.75, 3.05) is 0 Å². The molecule has 1 unspecified atom stereocenters. The van der Waals surface area contributed by atoms with Gasteiger partial charge in [-0.1, -0.05) is 0 Å².